The maximum Gasteiger partial charge on any atom is 0.328 e. The van der Waals surface area contributed by atoms with Crippen molar-refractivity contribution in [3.63, 3.8) is 0 Å². The predicted molar refractivity (Wildman–Crippen MR) is 269 cm³/mol. The van der Waals surface area contributed by atoms with Gasteiger partial charge in [0.05, 0.1) is 25.9 Å². The minimum atomic E-state index is -1.26. The topological polar surface area (TPSA) is 295 Å². The molecule has 3 rings (SSSR count). The van der Waals surface area contributed by atoms with Gasteiger partial charge in [-0.05, 0) is 70.1 Å². The van der Waals surface area contributed by atoms with Gasteiger partial charge in [0, 0.05) is 38.3 Å². The second-order valence-electron chi connectivity index (χ2n) is 18.1. The molecule has 0 aliphatic heterocycles. The average Bonchev–Trinajstić information content (AvgIpc) is 3.38. The average molecular weight is 1030 g/mol. The van der Waals surface area contributed by atoms with Gasteiger partial charge in [-0.1, -0.05) is 91.0 Å². The lowest BCUT2D eigenvalue weighted by molar-refractivity contribution is -0.154. The number of esters is 4. The number of hydrogen-bond acceptors (Lipinski definition) is 16. The van der Waals surface area contributed by atoms with Crippen LogP contribution in [0.4, 0.5) is 0 Å². The fourth-order valence-electron chi connectivity index (χ4n) is 6.58. The lowest BCUT2D eigenvalue weighted by Gasteiger charge is -2.22. The number of rotatable bonds is 34. The Morgan fingerprint density at radius 1 is 0.514 bits per heavy atom. The van der Waals surface area contributed by atoms with Gasteiger partial charge >= 0.3 is 23.9 Å². The van der Waals surface area contributed by atoms with E-state index in [9.17, 15) is 43.2 Å². The molecule has 4 unspecified atom stereocenters. The van der Waals surface area contributed by atoms with Crippen molar-refractivity contribution in [3.8, 4) is 0 Å². The number of nitrogens with two attached hydrogens (primary N) is 1. The molecule has 0 spiro atoms. The molecule has 21 nitrogen and oxygen atoms in total. The second kappa shape index (κ2) is 34.2. The molecule has 404 valence electrons. The summed E-state index contributed by atoms with van der Waals surface area (Å²) in [5.74, 6) is -5.46. The quantitative estimate of drug-likeness (QED) is 0.0285. The van der Waals surface area contributed by atoms with Crippen molar-refractivity contribution in [3.05, 3.63) is 108 Å². The Balaban J connectivity index is 1.50. The van der Waals surface area contributed by atoms with E-state index in [4.69, 9.17) is 34.2 Å². The smallest absolute Gasteiger partial charge is 0.328 e. The Kier molecular flexibility index (Phi) is 28.3. The minimum Gasteiger partial charge on any atom is -0.461 e. The van der Waals surface area contributed by atoms with Crippen LogP contribution in [0.5, 0.6) is 0 Å². The van der Waals surface area contributed by atoms with Crippen LogP contribution in [0.1, 0.15) is 95.8 Å². The highest BCUT2D eigenvalue weighted by Crippen LogP contribution is 2.11. The summed E-state index contributed by atoms with van der Waals surface area (Å²) in [6.07, 6.45) is -0.753. The van der Waals surface area contributed by atoms with E-state index in [-0.39, 0.29) is 110 Å². The molecule has 21 heteroatoms. The second-order valence-corrected chi connectivity index (χ2v) is 18.1. The van der Waals surface area contributed by atoms with Crippen molar-refractivity contribution in [2.75, 3.05) is 39.5 Å². The maximum atomic E-state index is 13.6. The van der Waals surface area contributed by atoms with E-state index in [0.717, 1.165) is 11.1 Å². The van der Waals surface area contributed by atoms with E-state index >= 15 is 0 Å². The highest BCUT2D eigenvalue weighted by molar-refractivity contribution is 5.90. The number of hydrogen-bond donors (Lipinski definition) is 6. The molecule has 0 fully saturated rings. The number of carbonyl (C=O) groups is 9. The third-order valence-electron chi connectivity index (χ3n) is 10.5. The van der Waals surface area contributed by atoms with E-state index in [1.54, 1.807) is 82.3 Å². The molecule has 0 heterocycles. The molecule has 0 aromatic heterocycles. The summed E-state index contributed by atoms with van der Waals surface area (Å²) in [6.45, 7) is 6.20. The maximum absolute atomic E-state index is 13.6. The summed E-state index contributed by atoms with van der Waals surface area (Å²) in [5.41, 5.74) is 7.43. The van der Waals surface area contributed by atoms with Crippen LogP contribution in [-0.2, 0) is 91.4 Å². The van der Waals surface area contributed by atoms with Gasteiger partial charge in [0.15, 0.2) is 0 Å². The number of benzene rings is 3. The van der Waals surface area contributed by atoms with Gasteiger partial charge in [0.1, 0.15) is 50.7 Å². The SMILES string of the molecule is CC(CCC(=O)OCc1ccccc1)NC(=O)C(CCC(=O)NC(CCC(=O)OCc1ccccc1)C(=O)OCc1ccccc1)NC(=O)COCCOCCNC(=O)CCC(N)C(=O)NCC(=O)OC(C)(C)C. The summed E-state index contributed by atoms with van der Waals surface area (Å²) in [4.78, 5) is 115. The van der Waals surface area contributed by atoms with Crippen molar-refractivity contribution in [1.82, 2.24) is 26.6 Å². The summed E-state index contributed by atoms with van der Waals surface area (Å²) in [7, 11) is 0. The van der Waals surface area contributed by atoms with E-state index in [1.807, 2.05) is 36.4 Å². The highest BCUT2D eigenvalue weighted by Gasteiger charge is 2.28. The number of nitrogens with one attached hydrogen (secondary N) is 5. The standard InChI is InChI=1S/C53H72N6O15/c1-37(20-26-47(63)71-33-38-14-8-5-9-15-38)57-51(67)42(58-46(62)36-70-31-30-69-29-28-55-44(60)24-21-41(54)50(66)56-32-49(65)74-53(2,3)4)22-25-45(61)59-43(52(68)73-35-40-18-12-7-13-19-40)23-27-48(64)72-34-39-16-10-6-11-17-39/h5-19,37,41-43H,20-36,54H2,1-4H3,(H,55,60)(H,56,66)(H,57,67)(H,58,62)(H,59,61). The third kappa shape index (κ3) is 28.1. The van der Waals surface area contributed by atoms with Gasteiger partial charge in [-0.25, -0.2) is 4.79 Å². The monoisotopic (exact) mass is 1030 g/mol. The first kappa shape index (κ1) is 61.1. The molecular weight excluding hydrogens is 961 g/mol. The molecule has 0 aliphatic rings. The number of ether oxygens (including phenoxy) is 6. The van der Waals surface area contributed by atoms with Crippen LogP contribution in [0.15, 0.2) is 91.0 Å². The van der Waals surface area contributed by atoms with Gasteiger partial charge < -0.3 is 60.7 Å². The zero-order chi connectivity index (χ0) is 54.1. The van der Waals surface area contributed by atoms with Crippen LogP contribution < -0.4 is 32.3 Å². The van der Waals surface area contributed by atoms with Gasteiger partial charge in [-0.15, -0.1) is 0 Å². The van der Waals surface area contributed by atoms with Crippen molar-refractivity contribution in [1.29, 1.82) is 0 Å². The lowest BCUT2D eigenvalue weighted by atomic mass is 10.1. The Morgan fingerprint density at radius 3 is 1.58 bits per heavy atom. The van der Waals surface area contributed by atoms with Crippen LogP contribution in [0.3, 0.4) is 0 Å². The minimum absolute atomic E-state index is 0.00769. The van der Waals surface area contributed by atoms with Gasteiger partial charge in [0.25, 0.3) is 0 Å². The zero-order valence-corrected chi connectivity index (χ0v) is 42.7. The van der Waals surface area contributed by atoms with E-state index < -0.39 is 83.9 Å². The van der Waals surface area contributed by atoms with Crippen molar-refractivity contribution in [2.45, 2.75) is 129 Å². The van der Waals surface area contributed by atoms with Crippen molar-refractivity contribution in [2.24, 2.45) is 5.73 Å². The van der Waals surface area contributed by atoms with Crippen LogP contribution in [0, 0.1) is 0 Å². The number of carbonyl (C=O) groups excluding carboxylic acids is 9. The van der Waals surface area contributed by atoms with E-state index in [2.05, 4.69) is 26.6 Å². The number of amides is 5. The summed E-state index contributed by atoms with van der Waals surface area (Å²) in [6, 6.07) is 23.0. The molecule has 3 aromatic carbocycles. The normalized spacial score (nSPS) is 12.6. The van der Waals surface area contributed by atoms with Gasteiger partial charge in [0.2, 0.25) is 29.5 Å². The van der Waals surface area contributed by atoms with Crippen LogP contribution in [-0.4, -0.2) is 123 Å². The molecule has 0 saturated carbocycles. The zero-order valence-electron chi connectivity index (χ0n) is 42.7. The highest BCUT2D eigenvalue weighted by atomic mass is 16.6. The molecule has 4 atom stereocenters. The molecule has 0 saturated heterocycles. The fraction of sp³-hybridized carbons (Fsp3) is 0.491. The van der Waals surface area contributed by atoms with Crippen molar-refractivity contribution < 1.29 is 71.6 Å². The third-order valence-corrected chi connectivity index (χ3v) is 10.5. The molecule has 5 amide bonds. The largest absolute Gasteiger partial charge is 0.461 e. The van der Waals surface area contributed by atoms with Gasteiger partial charge in [-0.3, -0.25) is 38.4 Å². The summed E-state index contributed by atoms with van der Waals surface area (Å²) >= 11 is 0. The first-order chi connectivity index (χ1) is 35.4. The first-order valence-electron chi connectivity index (χ1n) is 24.5. The molecule has 0 bridgehead atoms. The summed E-state index contributed by atoms with van der Waals surface area (Å²) < 4.78 is 32.2. The van der Waals surface area contributed by atoms with Crippen LogP contribution >= 0.6 is 0 Å². The van der Waals surface area contributed by atoms with E-state index in [1.165, 1.54) is 0 Å². The summed E-state index contributed by atoms with van der Waals surface area (Å²) in [5, 5.41) is 13.0. The van der Waals surface area contributed by atoms with Crippen LogP contribution in [0.25, 0.3) is 0 Å². The molecule has 74 heavy (non-hydrogen) atoms. The molecule has 0 aliphatic carbocycles. The molecular formula is C53H72N6O15. The molecule has 7 N–H and O–H groups in total. The Hall–Kier alpha value is -7.23. The van der Waals surface area contributed by atoms with Crippen LogP contribution in [0.2, 0.25) is 0 Å². The Labute approximate surface area is 432 Å². The van der Waals surface area contributed by atoms with E-state index in [0.29, 0.717) is 5.56 Å². The molecule has 3 aromatic rings. The fourth-order valence-corrected chi connectivity index (χ4v) is 6.58. The Bertz CT molecular complexity index is 2230. The van der Waals surface area contributed by atoms with Gasteiger partial charge in [-0.2, -0.15) is 0 Å². The Morgan fingerprint density at radius 2 is 1.01 bits per heavy atom. The predicted octanol–water partition coefficient (Wildman–Crippen LogP) is 2.75. The van der Waals surface area contributed by atoms with Crippen molar-refractivity contribution >= 4 is 53.4 Å². The molecule has 0 radical (unpaired) electrons. The first-order valence-corrected chi connectivity index (χ1v) is 24.5. The lowest BCUT2D eigenvalue weighted by Crippen LogP contribution is -2.50.